The van der Waals surface area contributed by atoms with Gasteiger partial charge in [0.25, 0.3) is 0 Å². The van der Waals surface area contributed by atoms with Crippen LogP contribution in [0.5, 0.6) is 0 Å². The van der Waals surface area contributed by atoms with Crippen LogP contribution in [0.25, 0.3) is 0 Å². The van der Waals surface area contributed by atoms with Gasteiger partial charge in [-0.1, -0.05) is 76.9 Å². The summed E-state index contributed by atoms with van der Waals surface area (Å²) in [5, 5.41) is 10.2. The first kappa shape index (κ1) is 18.5. The van der Waals surface area contributed by atoms with E-state index in [0.717, 1.165) is 0 Å². The van der Waals surface area contributed by atoms with Crippen LogP contribution in [0.2, 0.25) is 37.8 Å². The first-order valence-corrected chi connectivity index (χ1v) is 13.4. The topological polar surface area (TPSA) is 37.3 Å². The fourth-order valence-corrected chi connectivity index (χ4v) is 6.04. The Morgan fingerprint density at radius 2 is 1.58 bits per heavy atom. The monoisotopic (exact) mass is 298 g/mol. The van der Waals surface area contributed by atoms with Crippen LogP contribution in [-0.2, 0) is 4.79 Å². The predicted octanol–water partition coefficient (Wildman–Crippen LogP) is 3.95. The number of aliphatic hydroxyl groups excluding tert-OH is 1. The molecule has 110 valence electrons. The zero-order chi connectivity index (χ0) is 15.3. The number of carbonyl (C=O) groups is 1. The summed E-state index contributed by atoms with van der Waals surface area (Å²) in [5.74, 6) is 0. The van der Waals surface area contributed by atoms with E-state index in [2.05, 4.69) is 33.0 Å². The smallest absolute Gasteiger partial charge is 0.138 e. The minimum absolute atomic E-state index is 0.0708. The van der Waals surface area contributed by atoms with Crippen molar-refractivity contribution in [3.05, 3.63) is 23.9 Å². The van der Waals surface area contributed by atoms with Crippen molar-refractivity contribution in [1.82, 2.24) is 0 Å². The van der Waals surface area contributed by atoms with E-state index in [4.69, 9.17) is 0 Å². The van der Waals surface area contributed by atoms with E-state index in [0.29, 0.717) is 5.57 Å². The maximum atomic E-state index is 12.1. The standard InChI is InChI=1S/C15H30O2Si2/c1-8-19(9-2,10-3)12-11-14(16)13(4)15(17)18(5,6)7/h11-12,14,16H,4,8-10H2,1-3,5-7H3. The third-order valence-electron chi connectivity index (χ3n) is 4.07. The van der Waals surface area contributed by atoms with Crippen molar-refractivity contribution in [1.29, 1.82) is 0 Å². The van der Waals surface area contributed by atoms with Gasteiger partial charge in [0.15, 0.2) is 0 Å². The minimum Gasteiger partial charge on any atom is -0.384 e. The van der Waals surface area contributed by atoms with E-state index in [1.165, 1.54) is 18.1 Å². The average molecular weight is 299 g/mol. The maximum absolute atomic E-state index is 12.1. The molecule has 0 bridgehead atoms. The Morgan fingerprint density at radius 3 is 1.89 bits per heavy atom. The predicted molar refractivity (Wildman–Crippen MR) is 89.8 cm³/mol. The molecular weight excluding hydrogens is 268 g/mol. The molecule has 1 unspecified atom stereocenters. The molecule has 19 heavy (non-hydrogen) atoms. The molecule has 1 N–H and O–H groups in total. The molecule has 0 radical (unpaired) electrons. The summed E-state index contributed by atoms with van der Waals surface area (Å²) in [4.78, 5) is 12.1. The molecule has 0 aromatic heterocycles. The Bertz CT molecular complexity index is 341. The van der Waals surface area contributed by atoms with Crippen LogP contribution in [0.15, 0.2) is 23.9 Å². The summed E-state index contributed by atoms with van der Waals surface area (Å²) < 4.78 is 0. The Morgan fingerprint density at radius 1 is 1.16 bits per heavy atom. The lowest BCUT2D eigenvalue weighted by Crippen LogP contribution is -2.37. The van der Waals surface area contributed by atoms with Crippen molar-refractivity contribution in [2.75, 3.05) is 0 Å². The van der Waals surface area contributed by atoms with Crippen LogP contribution in [-0.4, -0.2) is 32.8 Å². The SMILES string of the molecule is C=C(C(=O)[Si](C)(C)C)C(O)C=C[Si](CC)(CC)CC. The van der Waals surface area contributed by atoms with Crippen LogP contribution in [0.1, 0.15) is 20.8 Å². The van der Waals surface area contributed by atoms with Gasteiger partial charge in [-0.05, 0) is 0 Å². The van der Waals surface area contributed by atoms with Gasteiger partial charge < -0.3 is 9.90 Å². The molecule has 0 fully saturated rings. The summed E-state index contributed by atoms with van der Waals surface area (Å²) in [6.45, 7) is 16.4. The third-order valence-corrected chi connectivity index (χ3v) is 10.9. The highest BCUT2D eigenvalue weighted by Gasteiger charge is 2.29. The number of rotatable bonds is 8. The first-order valence-electron chi connectivity index (χ1n) is 7.24. The average Bonchev–Trinajstić information content (AvgIpc) is 2.37. The zero-order valence-electron chi connectivity index (χ0n) is 13.4. The van der Waals surface area contributed by atoms with Crippen LogP contribution >= 0.6 is 0 Å². The maximum Gasteiger partial charge on any atom is 0.138 e. The van der Waals surface area contributed by atoms with E-state index in [9.17, 15) is 9.90 Å². The molecule has 0 amide bonds. The Kier molecular flexibility index (Phi) is 7.18. The van der Waals surface area contributed by atoms with Crippen molar-refractivity contribution in [2.24, 2.45) is 0 Å². The van der Waals surface area contributed by atoms with Crippen molar-refractivity contribution >= 4 is 21.6 Å². The van der Waals surface area contributed by atoms with E-state index in [1.54, 1.807) is 0 Å². The normalized spacial score (nSPS) is 14.7. The fraction of sp³-hybridized carbons (Fsp3) is 0.667. The Balaban J connectivity index is 4.91. The van der Waals surface area contributed by atoms with Crippen molar-refractivity contribution < 1.29 is 9.90 Å². The number of carbonyl (C=O) groups excluding carboxylic acids is 1. The second kappa shape index (κ2) is 7.36. The molecule has 0 rings (SSSR count). The molecule has 0 aromatic carbocycles. The van der Waals surface area contributed by atoms with Gasteiger partial charge in [0, 0.05) is 5.57 Å². The molecule has 2 nitrogen and oxygen atoms in total. The molecule has 1 atom stereocenters. The van der Waals surface area contributed by atoms with Gasteiger partial charge in [-0.25, -0.2) is 0 Å². The molecule has 0 saturated carbocycles. The van der Waals surface area contributed by atoms with Crippen LogP contribution < -0.4 is 0 Å². The summed E-state index contributed by atoms with van der Waals surface area (Å²) in [5.41, 5.74) is 2.57. The molecule has 0 saturated heterocycles. The highest BCUT2D eigenvalue weighted by Crippen LogP contribution is 2.22. The van der Waals surface area contributed by atoms with Crippen LogP contribution in [0.3, 0.4) is 0 Å². The molecule has 0 aliphatic carbocycles. The second-order valence-corrected chi connectivity index (χ2v) is 16.5. The fourth-order valence-electron chi connectivity index (χ4n) is 2.13. The van der Waals surface area contributed by atoms with Crippen LogP contribution in [0.4, 0.5) is 0 Å². The van der Waals surface area contributed by atoms with E-state index >= 15 is 0 Å². The third kappa shape index (κ3) is 5.20. The molecule has 0 spiro atoms. The van der Waals surface area contributed by atoms with Gasteiger partial charge in [-0.2, -0.15) is 0 Å². The van der Waals surface area contributed by atoms with E-state index in [1.807, 2.05) is 25.7 Å². The zero-order valence-corrected chi connectivity index (χ0v) is 15.4. The molecular formula is C15H30O2Si2. The molecule has 0 aliphatic heterocycles. The summed E-state index contributed by atoms with van der Waals surface area (Å²) >= 11 is 0. The lowest BCUT2D eigenvalue weighted by Gasteiger charge is -2.24. The number of aliphatic hydroxyl groups is 1. The largest absolute Gasteiger partial charge is 0.384 e. The lowest BCUT2D eigenvalue weighted by atomic mass is 10.2. The minimum atomic E-state index is -1.91. The first-order chi connectivity index (χ1) is 8.63. The van der Waals surface area contributed by atoms with Gasteiger partial charge in [-0.3, -0.25) is 0 Å². The van der Waals surface area contributed by atoms with Crippen LogP contribution in [0, 0.1) is 0 Å². The summed E-state index contributed by atoms with van der Waals surface area (Å²) in [6, 6.07) is 3.53. The van der Waals surface area contributed by atoms with Gasteiger partial charge in [0.2, 0.25) is 0 Å². The lowest BCUT2D eigenvalue weighted by molar-refractivity contribution is -0.110. The van der Waals surface area contributed by atoms with Crippen molar-refractivity contribution in [3.63, 3.8) is 0 Å². The van der Waals surface area contributed by atoms with Gasteiger partial charge in [0.05, 0.1) is 14.2 Å². The molecule has 4 heteroatoms. The van der Waals surface area contributed by atoms with Gasteiger partial charge in [0.1, 0.15) is 13.5 Å². The van der Waals surface area contributed by atoms with Gasteiger partial charge >= 0.3 is 0 Å². The molecule has 0 aliphatic rings. The quantitative estimate of drug-likeness (QED) is 0.544. The molecule has 0 aromatic rings. The van der Waals surface area contributed by atoms with Gasteiger partial charge in [-0.15, -0.1) is 0 Å². The molecule has 0 heterocycles. The number of hydrogen-bond donors (Lipinski definition) is 1. The Labute approximate surface area is 120 Å². The summed E-state index contributed by atoms with van der Waals surface area (Å²) in [6.07, 6.45) is 0.999. The van der Waals surface area contributed by atoms with Crippen molar-refractivity contribution in [2.45, 2.75) is 64.6 Å². The summed E-state index contributed by atoms with van der Waals surface area (Å²) in [7, 11) is -3.30. The highest BCUT2D eigenvalue weighted by molar-refractivity contribution is 7.05. The van der Waals surface area contributed by atoms with Crippen molar-refractivity contribution in [3.8, 4) is 0 Å². The highest BCUT2D eigenvalue weighted by atomic mass is 28.3. The Hall–Kier alpha value is -0.456. The van der Waals surface area contributed by atoms with E-state index in [-0.39, 0.29) is 5.41 Å². The number of hydrogen-bond acceptors (Lipinski definition) is 2. The van der Waals surface area contributed by atoms with E-state index < -0.39 is 22.3 Å². The second-order valence-electron chi connectivity index (χ2n) is 6.33.